The van der Waals surface area contributed by atoms with Crippen molar-refractivity contribution in [3.05, 3.63) is 22.2 Å². The van der Waals surface area contributed by atoms with E-state index in [0.717, 1.165) is 25.8 Å². The van der Waals surface area contributed by atoms with E-state index in [1.165, 1.54) is 18.6 Å². The lowest BCUT2D eigenvalue weighted by atomic mass is 9.93. The van der Waals surface area contributed by atoms with Crippen molar-refractivity contribution in [1.82, 2.24) is 4.98 Å². The van der Waals surface area contributed by atoms with Crippen molar-refractivity contribution >= 4 is 17.3 Å². The fourth-order valence-electron chi connectivity index (χ4n) is 1.80. The Kier molecular flexibility index (Phi) is 3.96. The van der Waals surface area contributed by atoms with Crippen LogP contribution in [0, 0.1) is 10.1 Å². The first-order chi connectivity index (χ1) is 8.69. The summed E-state index contributed by atoms with van der Waals surface area (Å²) in [6, 6.07) is 3.38. The fraction of sp³-hybridized carbons (Fsp3) is 0.583. The number of rotatable bonds is 6. The van der Waals surface area contributed by atoms with Crippen molar-refractivity contribution in [2.75, 3.05) is 17.2 Å². The first kappa shape index (κ1) is 12.6. The smallest absolute Gasteiger partial charge is 0.276 e. The normalized spacial score (nSPS) is 14.9. The predicted octanol–water partition coefficient (Wildman–Crippen LogP) is 2.78. The summed E-state index contributed by atoms with van der Waals surface area (Å²) in [6.07, 6.45) is 4.40. The van der Waals surface area contributed by atoms with Crippen molar-refractivity contribution < 1.29 is 4.92 Å². The molecule has 0 spiro atoms. The molecule has 2 rings (SSSR count). The maximum absolute atomic E-state index is 10.9. The number of hydrogen-bond donors (Lipinski definition) is 2. The van der Waals surface area contributed by atoms with E-state index in [1.54, 1.807) is 0 Å². The van der Waals surface area contributed by atoms with Gasteiger partial charge in [-0.05, 0) is 25.7 Å². The van der Waals surface area contributed by atoms with Gasteiger partial charge in [-0.25, -0.2) is 4.98 Å². The van der Waals surface area contributed by atoms with E-state index in [-0.39, 0.29) is 10.6 Å². The molecule has 0 radical (unpaired) electrons. The molecule has 0 bridgehead atoms. The number of nitrogens with zero attached hydrogens (tertiary/aromatic N) is 2. The first-order valence-corrected chi connectivity index (χ1v) is 6.36. The SMILES string of the molecule is CCCNc1cc([N+](=O)[O-])cc(NC2CCC2)n1. The third-order valence-corrected chi connectivity index (χ3v) is 3.03. The molecule has 1 aliphatic carbocycles. The number of hydrogen-bond acceptors (Lipinski definition) is 5. The Hall–Kier alpha value is -1.85. The van der Waals surface area contributed by atoms with Crippen LogP contribution in [0.1, 0.15) is 32.6 Å². The number of pyridine rings is 1. The van der Waals surface area contributed by atoms with E-state index in [9.17, 15) is 10.1 Å². The molecule has 0 aromatic carbocycles. The van der Waals surface area contributed by atoms with Crippen LogP contribution in [0.5, 0.6) is 0 Å². The quantitative estimate of drug-likeness (QED) is 0.599. The zero-order chi connectivity index (χ0) is 13.0. The third-order valence-electron chi connectivity index (χ3n) is 3.03. The second-order valence-electron chi connectivity index (χ2n) is 4.55. The van der Waals surface area contributed by atoms with E-state index < -0.39 is 0 Å². The zero-order valence-electron chi connectivity index (χ0n) is 10.5. The van der Waals surface area contributed by atoms with Crippen LogP contribution in [0.2, 0.25) is 0 Å². The van der Waals surface area contributed by atoms with Gasteiger partial charge in [-0.3, -0.25) is 10.1 Å². The van der Waals surface area contributed by atoms with Crippen LogP contribution < -0.4 is 10.6 Å². The number of nitrogens with one attached hydrogen (secondary N) is 2. The molecule has 0 saturated heterocycles. The maximum atomic E-state index is 10.9. The molecular formula is C12H18N4O2. The molecule has 1 aromatic heterocycles. The van der Waals surface area contributed by atoms with Crippen molar-refractivity contribution in [2.24, 2.45) is 0 Å². The highest BCUT2D eigenvalue weighted by Crippen LogP contribution is 2.26. The lowest BCUT2D eigenvalue weighted by Gasteiger charge is -2.26. The van der Waals surface area contributed by atoms with E-state index >= 15 is 0 Å². The van der Waals surface area contributed by atoms with Crippen LogP contribution in [0.4, 0.5) is 17.3 Å². The van der Waals surface area contributed by atoms with Crippen LogP contribution in [-0.2, 0) is 0 Å². The van der Waals surface area contributed by atoms with Crippen molar-refractivity contribution in [3.8, 4) is 0 Å². The van der Waals surface area contributed by atoms with Gasteiger partial charge in [0, 0.05) is 12.6 Å². The van der Waals surface area contributed by atoms with Gasteiger partial charge in [-0.15, -0.1) is 0 Å². The summed E-state index contributed by atoms with van der Waals surface area (Å²) < 4.78 is 0. The van der Waals surface area contributed by atoms with Gasteiger partial charge in [0.1, 0.15) is 11.6 Å². The third kappa shape index (κ3) is 3.09. The molecular weight excluding hydrogens is 232 g/mol. The van der Waals surface area contributed by atoms with Gasteiger partial charge in [0.2, 0.25) is 0 Å². The first-order valence-electron chi connectivity index (χ1n) is 6.36. The lowest BCUT2D eigenvalue weighted by molar-refractivity contribution is -0.384. The Morgan fingerprint density at radius 1 is 1.44 bits per heavy atom. The van der Waals surface area contributed by atoms with Crippen LogP contribution in [0.3, 0.4) is 0 Å². The molecule has 0 aliphatic heterocycles. The van der Waals surface area contributed by atoms with Gasteiger partial charge < -0.3 is 10.6 Å². The predicted molar refractivity (Wildman–Crippen MR) is 70.9 cm³/mol. The molecule has 0 atom stereocenters. The maximum Gasteiger partial charge on any atom is 0.276 e. The second-order valence-corrected chi connectivity index (χ2v) is 4.55. The van der Waals surface area contributed by atoms with Gasteiger partial charge >= 0.3 is 0 Å². The molecule has 98 valence electrons. The molecule has 6 heteroatoms. The second kappa shape index (κ2) is 5.66. The summed E-state index contributed by atoms with van der Waals surface area (Å²) in [6.45, 7) is 2.80. The molecule has 0 unspecified atom stereocenters. The topological polar surface area (TPSA) is 80.1 Å². The van der Waals surface area contributed by atoms with Crippen LogP contribution in [0.15, 0.2) is 12.1 Å². The summed E-state index contributed by atoms with van der Waals surface area (Å²) in [4.78, 5) is 14.8. The average Bonchev–Trinajstić information content (AvgIpc) is 2.31. The van der Waals surface area contributed by atoms with Crippen molar-refractivity contribution in [3.63, 3.8) is 0 Å². The van der Waals surface area contributed by atoms with E-state index in [2.05, 4.69) is 15.6 Å². The Morgan fingerprint density at radius 2 is 2.17 bits per heavy atom. The fourth-order valence-corrected chi connectivity index (χ4v) is 1.80. The van der Waals surface area contributed by atoms with E-state index in [0.29, 0.717) is 17.7 Å². The number of nitro groups is 1. The summed E-state index contributed by atoms with van der Waals surface area (Å²) >= 11 is 0. The molecule has 1 heterocycles. The molecule has 2 N–H and O–H groups in total. The minimum Gasteiger partial charge on any atom is -0.370 e. The standard InChI is InChI=1S/C12H18N4O2/c1-2-6-13-11-7-10(16(17)18)8-12(15-11)14-9-4-3-5-9/h7-9H,2-6H2,1H3,(H2,13,14,15). The zero-order valence-corrected chi connectivity index (χ0v) is 10.5. The van der Waals surface area contributed by atoms with Crippen LogP contribution >= 0.6 is 0 Å². The minimum absolute atomic E-state index is 0.0745. The monoisotopic (exact) mass is 250 g/mol. The van der Waals surface area contributed by atoms with Crippen molar-refractivity contribution in [1.29, 1.82) is 0 Å². The Labute approximate surface area is 106 Å². The van der Waals surface area contributed by atoms with Gasteiger partial charge in [-0.1, -0.05) is 6.92 Å². The summed E-state index contributed by atoms with van der Waals surface area (Å²) in [7, 11) is 0. The average molecular weight is 250 g/mol. The van der Waals surface area contributed by atoms with Crippen LogP contribution in [0.25, 0.3) is 0 Å². The lowest BCUT2D eigenvalue weighted by Crippen LogP contribution is -2.27. The highest BCUT2D eigenvalue weighted by atomic mass is 16.6. The Balaban J connectivity index is 2.15. The van der Waals surface area contributed by atoms with Crippen LogP contribution in [-0.4, -0.2) is 22.5 Å². The number of anilines is 2. The van der Waals surface area contributed by atoms with E-state index in [1.807, 2.05) is 6.92 Å². The van der Waals surface area contributed by atoms with E-state index in [4.69, 9.17) is 0 Å². The molecule has 1 aromatic rings. The molecule has 1 aliphatic rings. The summed E-state index contributed by atoms with van der Waals surface area (Å²) in [5.74, 6) is 1.15. The molecule has 18 heavy (non-hydrogen) atoms. The molecule has 0 amide bonds. The van der Waals surface area contributed by atoms with Gasteiger partial charge in [0.15, 0.2) is 0 Å². The van der Waals surface area contributed by atoms with Gasteiger partial charge in [0.25, 0.3) is 5.69 Å². The minimum atomic E-state index is -0.384. The Morgan fingerprint density at radius 3 is 2.72 bits per heavy atom. The van der Waals surface area contributed by atoms with Crippen molar-refractivity contribution in [2.45, 2.75) is 38.6 Å². The summed E-state index contributed by atoms with van der Waals surface area (Å²) in [5, 5.41) is 17.2. The highest BCUT2D eigenvalue weighted by Gasteiger charge is 2.19. The molecule has 1 fully saturated rings. The Bertz CT molecular complexity index is 432. The van der Waals surface area contributed by atoms with Gasteiger partial charge in [-0.2, -0.15) is 0 Å². The largest absolute Gasteiger partial charge is 0.370 e. The number of aromatic nitrogens is 1. The highest BCUT2D eigenvalue weighted by molar-refractivity contribution is 5.55. The molecule has 1 saturated carbocycles. The molecule has 6 nitrogen and oxygen atoms in total. The summed E-state index contributed by atoms with van der Waals surface area (Å²) in [5.41, 5.74) is 0.0745. The van der Waals surface area contributed by atoms with Gasteiger partial charge in [0.05, 0.1) is 17.1 Å².